The zero-order valence-corrected chi connectivity index (χ0v) is 10.4. The number of hydrogen-bond donors (Lipinski definition) is 2. The van der Waals surface area contributed by atoms with Crippen molar-refractivity contribution in [1.29, 1.82) is 0 Å². The lowest BCUT2D eigenvalue weighted by Crippen LogP contribution is -2.40. The molecule has 1 aliphatic rings. The molecule has 1 aliphatic heterocycles. The number of rotatable bonds is 4. The maximum absolute atomic E-state index is 10.3. The number of piperidine rings is 1. The van der Waals surface area contributed by atoms with E-state index in [9.17, 15) is 4.79 Å². The number of carbonyl (C=O) groups is 1. The molecular weight excluding hydrogens is 239 g/mol. The molecule has 0 atom stereocenters. The summed E-state index contributed by atoms with van der Waals surface area (Å²) in [5.41, 5.74) is 5.75. The van der Waals surface area contributed by atoms with Gasteiger partial charge >= 0.3 is 5.97 Å². The smallest absolute Gasteiger partial charge is 0.303 e. The molecule has 0 spiro atoms. The van der Waals surface area contributed by atoms with E-state index in [1.807, 2.05) is 0 Å². The molecule has 0 aromatic heterocycles. The molecule has 1 fully saturated rings. The van der Waals surface area contributed by atoms with Crippen molar-refractivity contribution in [1.82, 2.24) is 4.90 Å². The van der Waals surface area contributed by atoms with Crippen LogP contribution >= 0.6 is 24.8 Å². The lowest BCUT2D eigenvalue weighted by atomic mass is 10.1. The number of hydrogen-bond acceptors (Lipinski definition) is 3. The number of nitrogens with zero attached hydrogens (tertiary/aromatic N) is 1. The average Bonchev–Trinajstić information content (AvgIpc) is 2.08. The molecule has 0 aromatic rings. The third-order valence-electron chi connectivity index (χ3n) is 2.50. The van der Waals surface area contributed by atoms with Gasteiger partial charge in [0, 0.05) is 12.5 Å². The largest absolute Gasteiger partial charge is 0.481 e. The second kappa shape index (κ2) is 9.21. The highest BCUT2D eigenvalue weighted by atomic mass is 35.5. The number of carboxylic acid groups (broad SMARTS) is 1. The Hall–Kier alpha value is -0.0300. The molecule has 0 unspecified atom stereocenters. The van der Waals surface area contributed by atoms with Crippen molar-refractivity contribution >= 4 is 30.8 Å². The summed E-state index contributed by atoms with van der Waals surface area (Å²) in [7, 11) is 0. The fraction of sp³-hybridized carbons (Fsp3) is 0.889. The first kappa shape index (κ1) is 17.4. The lowest BCUT2D eigenvalue weighted by Gasteiger charge is -2.29. The van der Waals surface area contributed by atoms with E-state index in [1.54, 1.807) is 0 Å². The van der Waals surface area contributed by atoms with Gasteiger partial charge in [-0.2, -0.15) is 0 Å². The van der Waals surface area contributed by atoms with Gasteiger partial charge in [-0.05, 0) is 38.9 Å². The first-order chi connectivity index (χ1) is 6.18. The van der Waals surface area contributed by atoms with Crippen molar-refractivity contribution in [3.63, 3.8) is 0 Å². The van der Waals surface area contributed by atoms with E-state index in [-0.39, 0.29) is 31.2 Å². The SMILES string of the molecule is Cl.Cl.NC1CCN(CCCC(=O)O)CC1. The van der Waals surface area contributed by atoms with E-state index in [2.05, 4.69) is 4.90 Å². The monoisotopic (exact) mass is 258 g/mol. The van der Waals surface area contributed by atoms with E-state index >= 15 is 0 Å². The molecule has 3 N–H and O–H groups in total. The highest BCUT2D eigenvalue weighted by molar-refractivity contribution is 5.85. The Labute approximate surface area is 103 Å². The number of halogens is 2. The molecule has 0 saturated carbocycles. The number of nitrogens with two attached hydrogens (primary N) is 1. The van der Waals surface area contributed by atoms with Crippen molar-refractivity contribution in [2.45, 2.75) is 31.7 Å². The summed E-state index contributed by atoms with van der Waals surface area (Å²) < 4.78 is 0. The van der Waals surface area contributed by atoms with Crippen LogP contribution in [0, 0.1) is 0 Å². The van der Waals surface area contributed by atoms with Crippen LogP contribution in [0.1, 0.15) is 25.7 Å². The Kier molecular flexibility index (Phi) is 10.7. The van der Waals surface area contributed by atoms with Gasteiger partial charge < -0.3 is 15.7 Å². The summed E-state index contributed by atoms with van der Waals surface area (Å²) in [5, 5.41) is 8.45. The minimum atomic E-state index is -0.700. The van der Waals surface area contributed by atoms with E-state index in [0.717, 1.165) is 38.9 Å². The van der Waals surface area contributed by atoms with Gasteiger partial charge in [0.15, 0.2) is 0 Å². The third-order valence-corrected chi connectivity index (χ3v) is 2.50. The molecule has 0 bridgehead atoms. The molecular formula is C9H20Cl2N2O2. The summed E-state index contributed by atoms with van der Waals surface area (Å²) in [4.78, 5) is 12.6. The predicted octanol–water partition coefficient (Wildman–Crippen LogP) is 1.12. The van der Waals surface area contributed by atoms with Crippen LogP contribution in [0.15, 0.2) is 0 Å². The van der Waals surface area contributed by atoms with Gasteiger partial charge in [0.1, 0.15) is 0 Å². The van der Waals surface area contributed by atoms with Crippen molar-refractivity contribution in [2.24, 2.45) is 5.73 Å². The van der Waals surface area contributed by atoms with Crippen LogP contribution in [0.5, 0.6) is 0 Å². The second-order valence-electron chi connectivity index (χ2n) is 3.68. The standard InChI is InChI=1S/C9H18N2O2.2ClH/c10-8-3-6-11(7-4-8)5-1-2-9(12)13;;/h8H,1-7,10H2,(H,12,13);2*1H. The van der Waals surface area contributed by atoms with Crippen molar-refractivity contribution in [2.75, 3.05) is 19.6 Å². The molecule has 92 valence electrons. The highest BCUT2D eigenvalue weighted by Gasteiger charge is 2.15. The van der Waals surface area contributed by atoms with Gasteiger partial charge in [0.2, 0.25) is 0 Å². The van der Waals surface area contributed by atoms with Crippen molar-refractivity contribution in [3.05, 3.63) is 0 Å². The van der Waals surface area contributed by atoms with Crippen LogP contribution in [0.3, 0.4) is 0 Å². The molecule has 1 rings (SSSR count). The fourth-order valence-electron chi connectivity index (χ4n) is 1.63. The van der Waals surface area contributed by atoms with Crippen LogP contribution in [-0.2, 0) is 4.79 Å². The Morgan fingerprint density at radius 3 is 2.33 bits per heavy atom. The van der Waals surface area contributed by atoms with Gasteiger partial charge in [-0.15, -0.1) is 24.8 Å². The third kappa shape index (κ3) is 7.85. The van der Waals surface area contributed by atoms with Crippen LogP contribution in [-0.4, -0.2) is 41.7 Å². The zero-order chi connectivity index (χ0) is 9.68. The highest BCUT2D eigenvalue weighted by Crippen LogP contribution is 2.08. The second-order valence-corrected chi connectivity index (χ2v) is 3.68. The summed E-state index contributed by atoms with van der Waals surface area (Å²) in [6.45, 7) is 2.96. The van der Waals surface area contributed by atoms with Crippen molar-refractivity contribution in [3.8, 4) is 0 Å². The Balaban J connectivity index is 0. The molecule has 4 nitrogen and oxygen atoms in total. The van der Waals surface area contributed by atoms with E-state index < -0.39 is 5.97 Å². The van der Waals surface area contributed by atoms with Gasteiger partial charge in [-0.3, -0.25) is 4.79 Å². The van der Waals surface area contributed by atoms with E-state index in [4.69, 9.17) is 10.8 Å². The maximum atomic E-state index is 10.3. The van der Waals surface area contributed by atoms with Gasteiger partial charge in [0.05, 0.1) is 0 Å². The molecule has 0 amide bonds. The lowest BCUT2D eigenvalue weighted by molar-refractivity contribution is -0.137. The Morgan fingerprint density at radius 1 is 1.33 bits per heavy atom. The molecule has 15 heavy (non-hydrogen) atoms. The van der Waals surface area contributed by atoms with Crippen LogP contribution < -0.4 is 5.73 Å². The average molecular weight is 259 g/mol. The zero-order valence-electron chi connectivity index (χ0n) is 8.72. The van der Waals surface area contributed by atoms with Crippen LogP contribution in [0.4, 0.5) is 0 Å². The quantitative estimate of drug-likeness (QED) is 0.794. The topological polar surface area (TPSA) is 66.6 Å². The molecule has 0 aromatic carbocycles. The fourth-order valence-corrected chi connectivity index (χ4v) is 1.63. The predicted molar refractivity (Wildman–Crippen MR) is 65.0 cm³/mol. The van der Waals surface area contributed by atoms with Crippen LogP contribution in [0.2, 0.25) is 0 Å². The van der Waals surface area contributed by atoms with Crippen molar-refractivity contribution < 1.29 is 9.90 Å². The number of likely N-dealkylation sites (tertiary alicyclic amines) is 1. The Morgan fingerprint density at radius 2 is 1.87 bits per heavy atom. The molecule has 0 radical (unpaired) electrons. The van der Waals surface area contributed by atoms with E-state index in [1.165, 1.54) is 0 Å². The molecule has 6 heteroatoms. The first-order valence-electron chi connectivity index (χ1n) is 4.88. The minimum absolute atomic E-state index is 0. The first-order valence-corrected chi connectivity index (χ1v) is 4.88. The van der Waals surface area contributed by atoms with Gasteiger partial charge in [-0.1, -0.05) is 0 Å². The van der Waals surface area contributed by atoms with Crippen LogP contribution in [0.25, 0.3) is 0 Å². The summed E-state index contributed by atoms with van der Waals surface area (Å²) >= 11 is 0. The maximum Gasteiger partial charge on any atom is 0.303 e. The Bertz CT molecular complexity index is 173. The molecule has 1 saturated heterocycles. The summed E-state index contributed by atoms with van der Waals surface area (Å²) in [6, 6.07) is 0.357. The molecule has 1 heterocycles. The number of aliphatic carboxylic acids is 1. The normalized spacial score (nSPS) is 17.7. The minimum Gasteiger partial charge on any atom is -0.481 e. The van der Waals surface area contributed by atoms with E-state index in [0.29, 0.717) is 6.04 Å². The summed E-state index contributed by atoms with van der Waals surface area (Å²) in [5.74, 6) is -0.700. The summed E-state index contributed by atoms with van der Waals surface area (Å²) in [6.07, 6.45) is 3.13. The number of carboxylic acids is 1. The molecule has 0 aliphatic carbocycles. The van der Waals surface area contributed by atoms with Gasteiger partial charge in [-0.25, -0.2) is 0 Å². The van der Waals surface area contributed by atoms with Gasteiger partial charge in [0.25, 0.3) is 0 Å².